The van der Waals surface area contributed by atoms with E-state index >= 15 is 0 Å². The molecule has 0 saturated carbocycles. The summed E-state index contributed by atoms with van der Waals surface area (Å²) in [6.07, 6.45) is 0. The highest BCUT2D eigenvalue weighted by Gasteiger charge is 2.05. The monoisotopic (exact) mass is 224 g/mol. The minimum absolute atomic E-state index is 0.847. The summed E-state index contributed by atoms with van der Waals surface area (Å²) >= 11 is 1.70. The standard InChI is InChI=1S/C12H16O2S/c1-9(2)8-15-12-7-10(13-3)5-6-11(12)14-4/h5-7H,1,8H2,2-4H3. The van der Waals surface area contributed by atoms with Gasteiger partial charge in [0, 0.05) is 5.75 Å². The number of hydrogen-bond acceptors (Lipinski definition) is 3. The Labute approximate surface area is 95.3 Å². The minimum Gasteiger partial charge on any atom is -0.497 e. The van der Waals surface area contributed by atoms with E-state index in [0.29, 0.717) is 0 Å². The molecule has 0 amide bonds. The molecule has 0 aliphatic rings. The molecule has 0 fully saturated rings. The normalized spacial score (nSPS) is 9.80. The van der Waals surface area contributed by atoms with Crippen molar-refractivity contribution in [1.82, 2.24) is 0 Å². The lowest BCUT2D eigenvalue weighted by atomic mass is 10.3. The first-order valence-corrected chi connectivity index (χ1v) is 5.65. The fourth-order valence-corrected chi connectivity index (χ4v) is 1.99. The Balaban J connectivity index is 2.85. The Hall–Kier alpha value is -1.09. The van der Waals surface area contributed by atoms with Gasteiger partial charge in [0.2, 0.25) is 0 Å². The fraction of sp³-hybridized carbons (Fsp3) is 0.333. The molecule has 1 aromatic carbocycles. The van der Waals surface area contributed by atoms with E-state index in [9.17, 15) is 0 Å². The number of benzene rings is 1. The molecule has 0 unspecified atom stereocenters. The average molecular weight is 224 g/mol. The Bertz CT molecular complexity index is 347. The van der Waals surface area contributed by atoms with Crippen LogP contribution in [0.4, 0.5) is 0 Å². The van der Waals surface area contributed by atoms with Crippen molar-refractivity contribution in [3.63, 3.8) is 0 Å². The molecule has 15 heavy (non-hydrogen) atoms. The third kappa shape index (κ3) is 3.51. The third-order valence-corrected chi connectivity index (χ3v) is 3.11. The van der Waals surface area contributed by atoms with Crippen LogP contribution < -0.4 is 9.47 Å². The predicted octanol–water partition coefficient (Wildman–Crippen LogP) is 3.37. The van der Waals surface area contributed by atoms with Crippen molar-refractivity contribution in [1.29, 1.82) is 0 Å². The molecule has 0 aliphatic carbocycles. The lowest BCUT2D eigenvalue weighted by Crippen LogP contribution is -1.90. The van der Waals surface area contributed by atoms with Gasteiger partial charge in [-0.15, -0.1) is 11.8 Å². The first kappa shape index (κ1) is 12.0. The molecular weight excluding hydrogens is 208 g/mol. The molecule has 3 heteroatoms. The zero-order chi connectivity index (χ0) is 11.3. The van der Waals surface area contributed by atoms with Crippen LogP contribution in [0.3, 0.4) is 0 Å². The molecule has 0 N–H and O–H groups in total. The van der Waals surface area contributed by atoms with E-state index in [-0.39, 0.29) is 0 Å². The first-order chi connectivity index (χ1) is 7.17. The summed E-state index contributed by atoms with van der Waals surface area (Å²) in [7, 11) is 3.33. The van der Waals surface area contributed by atoms with Crippen molar-refractivity contribution in [3.8, 4) is 11.5 Å². The van der Waals surface area contributed by atoms with E-state index in [0.717, 1.165) is 27.7 Å². The van der Waals surface area contributed by atoms with E-state index in [1.165, 1.54) is 0 Å². The Morgan fingerprint density at radius 3 is 2.60 bits per heavy atom. The molecule has 0 spiro atoms. The molecule has 0 atom stereocenters. The van der Waals surface area contributed by atoms with Crippen LogP contribution in [-0.4, -0.2) is 20.0 Å². The molecule has 0 aromatic heterocycles. The molecule has 0 bridgehead atoms. The first-order valence-electron chi connectivity index (χ1n) is 4.66. The highest BCUT2D eigenvalue weighted by molar-refractivity contribution is 7.99. The largest absolute Gasteiger partial charge is 0.497 e. The minimum atomic E-state index is 0.847. The second-order valence-electron chi connectivity index (χ2n) is 3.26. The Kier molecular flexibility index (Phi) is 4.56. The highest BCUT2D eigenvalue weighted by Crippen LogP contribution is 2.33. The maximum absolute atomic E-state index is 5.27. The van der Waals surface area contributed by atoms with Gasteiger partial charge >= 0.3 is 0 Å². The average Bonchev–Trinajstić information content (AvgIpc) is 2.25. The second-order valence-corrected chi connectivity index (χ2v) is 4.28. The van der Waals surface area contributed by atoms with E-state index < -0.39 is 0 Å². The predicted molar refractivity (Wildman–Crippen MR) is 65.1 cm³/mol. The van der Waals surface area contributed by atoms with Gasteiger partial charge in [0.25, 0.3) is 0 Å². The van der Waals surface area contributed by atoms with Gasteiger partial charge in [-0.3, -0.25) is 0 Å². The quantitative estimate of drug-likeness (QED) is 0.564. The number of ether oxygens (including phenoxy) is 2. The van der Waals surface area contributed by atoms with Gasteiger partial charge in [0.1, 0.15) is 11.5 Å². The molecule has 1 aromatic rings. The molecule has 0 radical (unpaired) electrons. The zero-order valence-electron chi connectivity index (χ0n) is 9.37. The van der Waals surface area contributed by atoms with Gasteiger partial charge in [-0.25, -0.2) is 0 Å². The van der Waals surface area contributed by atoms with E-state index in [2.05, 4.69) is 6.58 Å². The number of methoxy groups -OCH3 is 2. The van der Waals surface area contributed by atoms with Crippen LogP contribution >= 0.6 is 11.8 Å². The molecule has 0 heterocycles. The van der Waals surface area contributed by atoms with Crippen LogP contribution in [-0.2, 0) is 0 Å². The number of rotatable bonds is 5. The lowest BCUT2D eigenvalue weighted by Gasteiger charge is -2.09. The van der Waals surface area contributed by atoms with Crippen LogP contribution in [0.2, 0.25) is 0 Å². The summed E-state index contributed by atoms with van der Waals surface area (Å²) in [5.41, 5.74) is 1.14. The Morgan fingerprint density at radius 1 is 1.33 bits per heavy atom. The SMILES string of the molecule is C=C(C)CSc1cc(OC)ccc1OC. The summed E-state index contributed by atoms with van der Waals surface area (Å²) < 4.78 is 10.4. The summed E-state index contributed by atoms with van der Waals surface area (Å²) in [6.45, 7) is 5.89. The van der Waals surface area contributed by atoms with E-state index in [1.54, 1.807) is 26.0 Å². The Morgan fingerprint density at radius 2 is 2.07 bits per heavy atom. The van der Waals surface area contributed by atoms with E-state index in [4.69, 9.17) is 9.47 Å². The van der Waals surface area contributed by atoms with Crippen LogP contribution in [0, 0.1) is 0 Å². The van der Waals surface area contributed by atoms with Crippen molar-refractivity contribution in [3.05, 3.63) is 30.4 Å². The molecule has 0 saturated heterocycles. The fourth-order valence-electron chi connectivity index (χ4n) is 1.10. The molecule has 0 aliphatic heterocycles. The maximum Gasteiger partial charge on any atom is 0.132 e. The zero-order valence-corrected chi connectivity index (χ0v) is 10.2. The van der Waals surface area contributed by atoms with Crippen molar-refractivity contribution >= 4 is 11.8 Å². The molecule has 82 valence electrons. The van der Waals surface area contributed by atoms with Gasteiger partial charge in [-0.1, -0.05) is 12.2 Å². The van der Waals surface area contributed by atoms with Gasteiger partial charge < -0.3 is 9.47 Å². The third-order valence-electron chi connectivity index (χ3n) is 1.84. The summed E-state index contributed by atoms with van der Waals surface area (Å²) in [5, 5.41) is 0. The van der Waals surface area contributed by atoms with Crippen LogP contribution in [0.1, 0.15) is 6.92 Å². The summed E-state index contributed by atoms with van der Waals surface area (Å²) in [4.78, 5) is 1.08. The van der Waals surface area contributed by atoms with Gasteiger partial charge in [0.15, 0.2) is 0 Å². The van der Waals surface area contributed by atoms with Gasteiger partial charge in [-0.05, 0) is 25.1 Å². The lowest BCUT2D eigenvalue weighted by molar-refractivity contribution is 0.394. The van der Waals surface area contributed by atoms with Crippen molar-refractivity contribution in [2.75, 3.05) is 20.0 Å². The number of thioether (sulfide) groups is 1. The molecule has 1 rings (SSSR count). The van der Waals surface area contributed by atoms with Gasteiger partial charge in [0.05, 0.1) is 19.1 Å². The summed E-state index contributed by atoms with van der Waals surface area (Å²) in [5.74, 6) is 2.62. The van der Waals surface area contributed by atoms with Crippen LogP contribution in [0.15, 0.2) is 35.2 Å². The number of hydrogen-bond donors (Lipinski definition) is 0. The van der Waals surface area contributed by atoms with Crippen molar-refractivity contribution in [2.24, 2.45) is 0 Å². The molecular formula is C12H16O2S. The van der Waals surface area contributed by atoms with Crippen molar-refractivity contribution in [2.45, 2.75) is 11.8 Å². The van der Waals surface area contributed by atoms with E-state index in [1.807, 2.05) is 25.1 Å². The molecule has 2 nitrogen and oxygen atoms in total. The topological polar surface area (TPSA) is 18.5 Å². The van der Waals surface area contributed by atoms with Crippen molar-refractivity contribution < 1.29 is 9.47 Å². The van der Waals surface area contributed by atoms with Gasteiger partial charge in [-0.2, -0.15) is 0 Å². The maximum atomic E-state index is 5.27. The van der Waals surface area contributed by atoms with Crippen LogP contribution in [0.25, 0.3) is 0 Å². The smallest absolute Gasteiger partial charge is 0.132 e. The second kappa shape index (κ2) is 5.71. The summed E-state index contributed by atoms with van der Waals surface area (Å²) in [6, 6.07) is 5.79. The highest BCUT2D eigenvalue weighted by atomic mass is 32.2. The van der Waals surface area contributed by atoms with Crippen LogP contribution in [0.5, 0.6) is 11.5 Å².